The molecule has 0 radical (unpaired) electrons. The van der Waals surface area contributed by atoms with Crippen molar-refractivity contribution in [1.82, 2.24) is 9.88 Å². The first-order chi connectivity index (χ1) is 11.5. The fourth-order valence-electron chi connectivity index (χ4n) is 3.38. The Labute approximate surface area is 143 Å². The van der Waals surface area contributed by atoms with Gasteiger partial charge in [0.25, 0.3) is 0 Å². The summed E-state index contributed by atoms with van der Waals surface area (Å²) in [5.74, 6) is 0.489. The van der Waals surface area contributed by atoms with Gasteiger partial charge < -0.3 is 9.64 Å². The Morgan fingerprint density at radius 3 is 2.71 bits per heavy atom. The van der Waals surface area contributed by atoms with Gasteiger partial charge in [-0.1, -0.05) is 6.07 Å². The fourth-order valence-corrected chi connectivity index (χ4v) is 5.24. The maximum absolute atomic E-state index is 12.3. The highest BCUT2D eigenvalue weighted by atomic mass is 32.2. The van der Waals surface area contributed by atoms with Gasteiger partial charge in [-0.15, -0.1) is 0 Å². The van der Waals surface area contributed by atoms with E-state index < -0.39 is 9.84 Å². The van der Waals surface area contributed by atoms with Crippen LogP contribution >= 0.6 is 0 Å². The number of likely N-dealkylation sites (tertiary alicyclic amines) is 1. The lowest BCUT2D eigenvalue weighted by Crippen LogP contribution is -2.41. The molecule has 3 heterocycles. The van der Waals surface area contributed by atoms with Gasteiger partial charge in [-0.3, -0.25) is 9.78 Å². The predicted octanol–water partition coefficient (Wildman–Crippen LogP) is 1.41. The first kappa shape index (κ1) is 17.4. The number of rotatable bonds is 5. The van der Waals surface area contributed by atoms with Crippen LogP contribution in [0.3, 0.4) is 0 Å². The second-order valence-electron chi connectivity index (χ2n) is 6.73. The second kappa shape index (κ2) is 7.61. The Balaban J connectivity index is 1.39. The third-order valence-corrected chi connectivity index (χ3v) is 6.63. The third kappa shape index (κ3) is 4.77. The lowest BCUT2D eigenvalue weighted by atomic mass is 10.0. The quantitative estimate of drug-likeness (QED) is 0.801. The van der Waals surface area contributed by atoms with E-state index in [2.05, 4.69) is 4.98 Å². The summed E-state index contributed by atoms with van der Waals surface area (Å²) < 4.78 is 28.9. The first-order valence-electron chi connectivity index (χ1n) is 8.50. The molecular weight excluding hydrogens is 328 g/mol. The lowest BCUT2D eigenvalue weighted by molar-refractivity contribution is -0.134. The Kier molecular flexibility index (Phi) is 5.50. The molecule has 7 heteroatoms. The SMILES string of the molecule is O=C(CC1CCS(=O)(=O)C1)N1CCC(OCc2cccnc2)CC1. The molecule has 1 amide bonds. The lowest BCUT2D eigenvalue weighted by Gasteiger charge is -2.32. The van der Waals surface area contributed by atoms with E-state index in [-0.39, 0.29) is 29.4 Å². The summed E-state index contributed by atoms with van der Waals surface area (Å²) in [5.41, 5.74) is 1.05. The molecule has 2 aliphatic rings. The van der Waals surface area contributed by atoms with Gasteiger partial charge in [-0.25, -0.2) is 8.42 Å². The van der Waals surface area contributed by atoms with Crippen LogP contribution < -0.4 is 0 Å². The fraction of sp³-hybridized carbons (Fsp3) is 0.647. The standard InChI is InChI=1S/C17H24N2O4S/c20-17(10-14-5-9-24(21,22)13-14)19-7-3-16(4-8-19)23-12-15-2-1-6-18-11-15/h1-2,6,11,14,16H,3-5,7-10,12-13H2. The normalized spacial score (nSPS) is 24.2. The van der Waals surface area contributed by atoms with Crippen molar-refractivity contribution in [3.8, 4) is 0 Å². The van der Waals surface area contributed by atoms with E-state index in [9.17, 15) is 13.2 Å². The molecule has 1 atom stereocenters. The number of aromatic nitrogens is 1. The van der Waals surface area contributed by atoms with Crippen LogP contribution in [0.4, 0.5) is 0 Å². The molecule has 6 nitrogen and oxygen atoms in total. The number of pyridine rings is 1. The zero-order valence-corrected chi connectivity index (χ0v) is 14.6. The van der Waals surface area contributed by atoms with Gasteiger partial charge in [-0.2, -0.15) is 0 Å². The zero-order chi connectivity index (χ0) is 17.0. The van der Waals surface area contributed by atoms with Crippen molar-refractivity contribution in [2.45, 2.75) is 38.4 Å². The number of amides is 1. The molecule has 24 heavy (non-hydrogen) atoms. The molecule has 0 aromatic carbocycles. The van der Waals surface area contributed by atoms with E-state index in [0.717, 1.165) is 18.4 Å². The predicted molar refractivity (Wildman–Crippen MR) is 90.0 cm³/mol. The van der Waals surface area contributed by atoms with Crippen LogP contribution in [0.2, 0.25) is 0 Å². The molecule has 1 unspecified atom stereocenters. The largest absolute Gasteiger partial charge is 0.373 e. The van der Waals surface area contributed by atoms with Crippen molar-refractivity contribution in [3.05, 3.63) is 30.1 Å². The molecule has 132 valence electrons. The number of ether oxygens (including phenoxy) is 1. The minimum atomic E-state index is -2.91. The van der Waals surface area contributed by atoms with E-state index in [0.29, 0.717) is 32.5 Å². The third-order valence-electron chi connectivity index (χ3n) is 4.79. The van der Waals surface area contributed by atoms with Gasteiger partial charge in [0, 0.05) is 31.9 Å². The van der Waals surface area contributed by atoms with Crippen molar-refractivity contribution in [3.63, 3.8) is 0 Å². The van der Waals surface area contributed by atoms with E-state index in [1.165, 1.54) is 0 Å². The summed E-state index contributed by atoms with van der Waals surface area (Å²) in [6, 6.07) is 3.88. The summed E-state index contributed by atoms with van der Waals surface area (Å²) in [7, 11) is -2.91. The average Bonchev–Trinajstić information content (AvgIpc) is 2.93. The monoisotopic (exact) mass is 352 g/mol. The van der Waals surface area contributed by atoms with Crippen LogP contribution in [0.15, 0.2) is 24.5 Å². The zero-order valence-electron chi connectivity index (χ0n) is 13.8. The number of hydrogen-bond donors (Lipinski definition) is 0. The van der Waals surface area contributed by atoms with Crippen LogP contribution in [0.1, 0.15) is 31.2 Å². The summed E-state index contributed by atoms with van der Waals surface area (Å²) >= 11 is 0. The maximum Gasteiger partial charge on any atom is 0.222 e. The highest BCUT2D eigenvalue weighted by molar-refractivity contribution is 7.91. The molecule has 2 saturated heterocycles. The van der Waals surface area contributed by atoms with Crippen molar-refractivity contribution in [2.24, 2.45) is 5.92 Å². The molecule has 0 aliphatic carbocycles. The number of carbonyl (C=O) groups excluding carboxylic acids is 1. The number of carbonyl (C=O) groups is 1. The second-order valence-corrected chi connectivity index (χ2v) is 8.95. The smallest absolute Gasteiger partial charge is 0.222 e. The Morgan fingerprint density at radius 1 is 1.29 bits per heavy atom. The van der Waals surface area contributed by atoms with E-state index in [1.54, 1.807) is 12.4 Å². The van der Waals surface area contributed by atoms with Crippen molar-refractivity contribution in [2.75, 3.05) is 24.6 Å². The van der Waals surface area contributed by atoms with Crippen LogP contribution in [-0.2, 0) is 26.0 Å². The molecule has 0 spiro atoms. The molecule has 2 fully saturated rings. The van der Waals surface area contributed by atoms with Gasteiger partial charge in [0.2, 0.25) is 5.91 Å². The van der Waals surface area contributed by atoms with Crippen LogP contribution in [0.25, 0.3) is 0 Å². The molecule has 0 saturated carbocycles. The van der Waals surface area contributed by atoms with Crippen LogP contribution in [-0.4, -0.2) is 54.9 Å². The van der Waals surface area contributed by atoms with Crippen molar-refractivity contribution in [1.29, 1.82) is 0 Å². The summed E-state index contributed by atoms with van der Waals surface area (Å²) in [5, 5.41) is 0. The minimum Gasteiger partial charge on any atom is -0.373 e. The molecule has 1 aromatic rings. The maximum atomic E-state index is 12.3. The van der Waals surface area contributed by atoms with Crippen molar-refractivity contribution < 1.29 is 17.9 Å². The summed E-state index contributed by atoms with van der Waals surface area (Å²) in [6.45, 7) is 1.93. The van der Waals surface area contributed by atoms with E-state index >= 15 is 0 Å². The Morgan fingerprint density at radius 2 is 2.08 bits per heavy atom. The van der Waals surface area contributed by atoms with Gasteiger partial charge in [-0.05, 0) is 36.8 Å². The average molecular weight is 352 g/mol. The molecule has 2 aliphatic heterocycles. The Hall–Kier alpha value is -1.47. The molecule has 3 rings (SSSR count). The highest BCUT2D eigenvalue weighted by Gasteiger charge is 2.31. The number of sulfone groups is 1. The van der Waals surface area contributed by atoms with Gasteiger partial charge in [0.15, 0.2) is 9.84 Å². The van der Waals surface area contributed by atoms with E-state index in [4.69, 9.17) is 4.74 Å². The first-order valence-corrected chi connectivity index (χ1v) is 10.3. The number of piperidine rings is 1. The highest BCUT2D eigenvalue weighted by Crippen LogP contribution is 2.24. The van der Waals surface area contributed by atoms with Crippen LogP contribution in [0.5, 0.6) is 0 Å². The van der Waals surface area contributed by atoms with Crippen molar-refractivity contribution >= 4 is 15.7 Å². The summed E-state index contributed by atoms with van der Waals surface area (Å²) in [6.07, 6.45) is 6.35. The van der Waals surface area contributed by atoms with E-state index in [1.807, 2.05) is 17.0 Å². The molecular formula is C17H24N2O4S. The topological polar surface area (TPSA) is 76.6 Å². The van der Waals surface area contributed by atoms with Crippen LogP contribution in [0, 0.1) is 5.92 Å². The molecule has 0 bridgehead atoms. The number of nitrogens with zero attached hydrogens (tertiary/aromatic N) is 2. The Bertz CT molecular complexity index is 654. The molecule has 1 aromatic heterocycles. The van der Waals surface area contributed by atoms with Gasteiger partial charge >= 0.3 is 0 Å². The minimum absolute atomic E-state index is 0.00190. The molecule has 0 N–H and O–H groups in total. The summed E-state index contributed by atoms with van der Waals surface area (Å²) in [4.78, 5) is 18.3. The van der Waals surface area contributed by atoms with Gasteiger partial charge in [0.1, 0.15) is 0 Å². The number of hydrogen-bond acceptors (Lipinski definition) is 5. The van der Waals surface area contributed by atoms with Gasteiger partial charge in [0.05, 0.1) is 24.2 Å².